The number of oxazole rings is 1. The molecule has 60 heavy (non-hydrogen) atoms. The van der Waals surface area contributed by atoms with E-state index in [1.165, 1.54) is 17.6 Å². The van der Waals surface area contributed by atoms with Gasteiger partial charge < -0.3 is 14.4 Å². The number of hydrogen-bond donors (Lipinski definition) is 3. The number of aromatic amines is 3. The van der Waals surface area contributed by atoms with E-state index >= 15 is 0 Å². The standard InChI is InChI=1S/C40H26N18OS/c1-2-8-25-24(7-1)51-36(52-25)40(37-45-21-22-59-37)56(30-23-41-17-18-42-30)31(27-10-5-15-48-54-27)32-39(35-43-19-20-44-35,58(40)38-46-13-6-14-47-38)57(29-12-16-49-55-29)33(53-32)34-50-26-9-3-4-11-28(26)60-34/h1-23H,(H,43,44)(H,49,55)(H,51,52). The first-order valence-corrected chi connectivity index (χ1v) is 19.3. The van der Waals surface area contributed by atoms with Crippen LogP contribution in [0.2, 0.25) is 0 Å². The zero-order valence-corrected chi connectivity index (χ0v) is 31.6. The number of aromatic nitrogens is 14. The fourth-order valence-electron chi connectivity index (χ4n) is 8.14. The number of nitrogens with zero attached hydrogens (tertiary/aromatic N) is 15. The smallest absolute Gasteiger partial charge is 0.261 e. The summed E-state index contributed by atoms with van der Waals surface area (Å²) in [6, 6.07) is 22.9. The first-order chi connectivity index (χ1) is 29.8. The normalized spacial score (nSPS) is 19.1. The Labute approximate surface area is 341 Å². The Bertz CT molecular complexity index is 3120. The molecule has 0 aliphatic carbocycles. The molecule has 0 saturated heterocycles. The Morgan fingerprint density at radius 2 is 1.60 bits per heavy atom. The Balaban J connectivity index is 1.35. The van der Waals surface area contributed by atoms with Gasteiger partial charge in [-0.2, -0.15) is 10.2 Å². The molecule has 0 spiro atoms. The van der Waals surface area contributed by atoms with Crippen LogP contribution < -0.4 is 14.7 Å². The van der Waals surface area contributed by atoms with Crippen molar-refractivity contribution >= 4 is 61.7 Å². The molecule has 2 unspecified atom stereocenters. The number of H-pyrrole nitrogens is 3. The summed E-state index contributed by atoms with van der Waals surface area (Å²) in [7, 11) is 0. The topological polar surface area (TPSA) is 224 Å². The van der Waals surface area contributed by atoms with Crippen LogP contribution in [0.25, 0.3) is 26.9 Å². The van der Waals surface area contributed by atoms with Gasteiger partial charge in [0.25, 0.3) is 11.6 Å². The summed E-state index contributed by atoms with van der Waals surface area (Å²) in [5.74, 6) is 2.39. The summed E-state index contributed by atoms with van der Waals surface area (Å²) in [5, 5.41) is 17.5. The maximum Gasteiger partial charge on any atom is 0.261 e. The van der Waals surface area contributed by atoms with E-state index in [-0.39, 0.29) is 11.8 Å². The van der Waals surface area contributed by atoms with E-state index in [4.69, 9.17) is 49.4 Å². The van der Waals surface area contributed by atoms with Gasteiger partial charge in [0.05, 0.1) is 45.5 Å². The number of amidine groups is 1. The second-order valence-corrected chi connectivity index (χ2v) is 14.5. The maximum absolute atomic E-state index is 6.57. The number of anilines is 3. The van der Waals surface area contributed by atoms with E-state index in [9.17, 15) is 0 Å². The van der Waals surface area contributed by atoms with Gasteiger partial charge in [-0.15, -0.1) is 16.4 Å². The third-order valence-corrected chi connectivity index (χ3v) is 11.4. The van der Waals surface area contributed by atoms with E-state index in [0.717, 1.165) is 15.7 Å². The van der Waals surface area contributed by atoms with Crippen molar-refractivity contribution in [1.82, 2.24) is 70.2 Å². The van der Waals surface area contributed by atoms with Crippen molar-refractivity contribution in [3.05, 3.63) is 175 Å². The molecule has 20 heteroatoms. The molecule has 288 valence electrons. The lowest BCUT2D eigenvalue weighted by Gasteiger charge is -2.59. The highest BCUT2D eigenvalue weighted by Gasteiger charge is 2.73. The number of aliphatic imine (C=N–C) groups is 1. The van der Waals surface area contributed by atoms with Crippen molar-refractivity contribution in [3.63, 3.8) is 0 Å². The molecular formula is C40H26N18OS. The monoisotopic (exact) mass is 806 g/mol. The van der Waals surface area contributed by atoms with Gasteiger partial charge in [-0.25, -0.2) is 39.9 Å². The Kier molecular flexibility index (Phi) is 7.28. The molecule has 19 nitrogen and oxygen atoms in total. The number of fused-ring (bicyclic) bond motifs is 3. The molecule has 12 rings (SSSR count). The average molecular weight is 807 g/mol. The summed E-state index contributed by atoms with van der Waals surface area (Å²) in [6.45, 7) is 0. The summed E-state index contributed by atoms with van der Waals surface area (Å²) in [6.07, 6.45) is 17.9. The largest absolute Gasteiger partial charge is 0.445 e. The first kappa shape index (κ1) is 33.6. The minimum Gasteiger partial charge on any atom is -0.445 e. The van der Waals surface area contributed by atoms with Crippen LogP contribution in [0.5, 0.6) is 0 Å². The molecule has 3 N–H and O–H groups in total. The minimum absolute atomic E-state index is 0.143. The van der Waals surface area contributed by atoms with Crippen molar-refractivity contribution < 1.29 is 4.42 Å². The van der Waals surface area contributed by atoms with E-state index in [1.54, 1.807) is 74.1 Å². The fraction of sp³-hybridized carbons (Fsp3) is 0.0500. The molecular weight excluding hydrogens is 781 g/mol. The van der Waals surface area contributed by atoms with Gasteiger partial charge in [-0.05, 0) is 42.5 Å². The second-order valence-electron chi connectivity index (χ2n) is 13.5. The second kappa shape index (κ2) is 13.0. The van der Waals surface area contributed by atoms with Crippen LogP contribution >= 0.6 is 11.3 Å². The lowest BCUT2D eigenvalue weighted by atomic mass is 9.86. The molecule has 2 aliphatic heterocycles. The van der Waals surface area contributed by atoms with Gasteiger partial charge >= 0.3 is 0 Å². The highest BCUT2D eigenvalue weighted by molar-refractivity contribution is 7.20. The number of hydrogen-bond acceptors (Lipinski definition) is 17. The van der Waals surface area contributed by atoms with E-state index < -0.39 is 11.3 Å². The predicted octanol–water partition coefficient (Wildman–Crippen LogP) is 5.39. The zero-order chi connectivity index (χ0) is 39.7. The number of para-hydroxylation sites is 3. The number of thiazole rings is 1. The van der Waals surface area contributed by atoms with Crippen LogP contribution in [-0.4, -0.2) is 76.1 Å². The van der Waals surface area contributed by atoms with Crippen molar-refractivity contribution in [3.8, 4) is 0 Å². The Hall–Kier alpha value is -8.52. The third-order valence-electron chi connectivity index (χ3n) is 10.3. The molecule has 2 aromatic carbocycles. The molecule has 10 aromatic rings. The van der Waals surface area contributed by atoms with Gasteiger partial charge in [-0.1, -0.05) is 24.3 Å². The fourth-order valence-corrected chi connectivity index (χ4v) is 9.08. The quantitative estimate of drug-likeness (QED) is 0.175. The van der Waals surface area contributed by atoms with Crippen LogP contribution in [0.4, 0.5) is 17.6 Å². The van der Waals surface area contributed by atoms with Crippen LogP contribution in [0.1, 0.15) is 28.2 Å². The Morgan fingerprint density at radius 3 is 2.35 bits per heavy atom. The van der Waals surface area contributed by atoms with Crippen molar-refractivity contribution in [2.24, 2.45) is 4.99 Å². The van der Waals surface area contributed by atoms with Crippen LogP contribution in [0.15, 0.2) is 156 Å². The van der Waals surface area contributed by atoms with E-state index in [0.29, 0.717) is 56.7 Å². The molecule has 0 radical (unpaired) electrons. The van der Waals surface area contributed by atoms with Crippen molar-refractivity contribution in [1.29, 1.82) is 0 Å². The Morgan fingerprint density at radius 1 is 0.700 bits per heavy atom. The van der Waals surface area contributed by atoms with Gasteiger partial charge in [-0.3, -0.25) is 24.8 Å². The number of benzene rings is 2. The number of imidazole rings is 2. The zero-order valence-electron chi connectivity index (χ0n) is 30.8. The summed E-state index contributed by atoms with van der Waals surface area (Å²) in [4.78, 5) is 58.7. The molecule has 8 aromatic heterocycles. The van der Waals surface area contributed by atoms with Crippen LogP contribution in [-0.2, 0) is 11.3 Å². The average Bonchev–Trinajstić information content (AvgIpc) is 4.16. The van der Waals surface area contributed by atoms with E-state index in [2.05, 4.69) is 30.2 Å². The van der Waals surface area contributed by atoms with E-state index in [1.807, 2.05) is 75.4 Å². The predicted molar refractivity (Wildman–Crippen MR) is 219 cm³/mol. The molecule has 0 fully saturated rings. The van der Waals surface area contributed by atoms with Crippen molar-refractivity contribution in [2.75, 3.05) is 14.7 Å². The summed E-state index contributed by atoms with van der Waals surface area (Å²) < 4.78 is 7.53. The highest BCUT2D eigenvalue weighted by atomic mass is 32.1. The maximum atomic E-state index is 6.57. The molecule has 0 saturated carbocycles. The van der Waals surface area contributed by atoms with Crippen LogP contribution in [0, 0.1) is 0 Å². The van der Waals surface area contributed by atoms with Gasteiger partial charge in [0.2, 0.25) is 11.6 Å². The molecule has 0 bridgehead atoms. The minimum atomic E-state index is -1.86. The lowest BCUT2D eigenvalue weighted by Crippen LogP contribution is -2.74. The summed E-state index contributed by atoms with van der Waals surface area (Å²) >= 11 is 1.49. The molecule has 2 atom stereocenters. The highest BCUT2D eigenvalue weighted by Crippen LogP contribution is 2.61. The number of rotatable bonds is 8. The lowest BCUT2D eigenvalue weighted by molar-refractivity contribution is 0.266. The third kappa shape index (κ3) is 4.63. The van der Waals surface area contributed by atoms with Crippen molar-refractivity contribution in [2.45, 2.75) is 11.3 Å². The van der Waals surface area contributed by atoms with Gasteiger partial charge in [0.15, 0.2) is 28.3 Å². The molecule has 10 heterocycles. The first-order valence-electron chi connectivity index (χ1n) is 18.5. The summed E-state index contributed by atoms with van der Waals surface area (Å²) in [5.41, 5.74) is -0.146. The molecule has 2 aliphatic rings. The SMILES string of the molecule is c1cnc(N2C3(c4ncc[nH]4)C(=C(c4cccnn4)N(c4cnccn4)C2(c2nc4ccccc4[nH]2)c2ncco2)N=C(c2nc4ccccc4s2)N3c2ccn[nH]2)nc1. The van der Waals surface area contributed by atoms with Gasteiger partial charge in [0.1, 0.15) is 23.5 Å². The van der Waals surface area contributed by atoms with Gasteiger partial charge in [0, 0.05) is 49.4 Å². The molecule has 0 amide bonds. The number of nitrogens with one attached hydrogen (secondary N) is 3. The van der Waals surface area contributed by atoms with Crippen LogP contribution in [0.3, 0.4) is 0 Å².